The molecular weight excluding hydrogens is 228 g/mol. The summed E-state index contributed by atoms with van der Waals surface area (Å²) in [5.41, 5.74) is -0.584. The van der Waals surface area contributed by atoms with E-state index in [-0.39, 0.29) is 5.97 Å². The number of carbonyl (C=O) groups excluding carboxylic acids is 1. The molecule has 1 aliphatic heterocycles. The van der Waals surface area contributed by atoms with E-state index in [1.807, 2.05) is 13.8 Å². The van der Waals surface area contributed by atoms with Crippen LogP contribution in [-0.4, -0.2) is 49.2 Å². The Morgan fingerprint density at radius 2 is 1.94 bits per heavy atom. The molecule has 18 heavy (non-hydrogen) atoms. The van der Waals surface area contributed by atoms with Gasteiger partial charge in [0, 0.05) is 12.6 Å². The summed E-state index contributed by atoms with van der Waals surface area (Å²) in [6, 6.07) is 0.419. The fourth-order valence-corrected chi connectivity index (χ4v) is 2.60. The fraction of sp³-hybridized carbons (Fsp3) is 0.929. The molecule has 0 aromatic rings. The Morgan fingerprint density at radius 1 is 1.39 bits per heavy atom. The lowest BCUT2D eigenvalue weighted by molar-refractivity contribution is -0.147. The first-order chi connectivity index (χ1) is 8.35. The lowest BCUT2D eigenvalue weighted by Crippen LogP contribution is -2.55. The Labute approximate surface area is 111 Å². The highest BCUT2D eigenvalue weighted by molar-refractivity contribution is 5.79. The number of hydrogen-bond donors (Lipinski definition) is 1. The van der Waals surface area contributed by atoms with Gasteiger partial charge in [0.25, 0.3) is 0 Å². The molecule has 1 N–H and O–H groups in total. The lowest BCUT2D eigenvalue weighted by Gasteiger charge is -2.36. The number of likely N-dealkylation sites (tertiary alicyclic amines) is 1. The van der Waals surface area contributed by atoms with Crippen molar-refractivity contribution in [1.29, 1.82) is 0 Å². The standard InChI is InChI=1S/C14H28N2O2/c1-11(2)10-16-8-6-12(7-9-16)15-14(3,4)13(17)18-5/h11-12,15H,6-10H2,1-5H3. The number of carbonyl (C=O) groups is 1. The van der Waals surface area contributed by atoms with Crippen LogP contribution in [0.4, 0.5) is 0 Å². The summed E-state index contributed by atoms with van der Waals surface area (Å²) in [6.45, 7) is 11.7. The van der Waals surface area contributed by atoms with Crippen molar-refractivity contribution in [3.8, 4) is 0 Å². The van der Waals surface area contributed by atoms with E-state index in [2.05, 4.69) is 24.1 Å². The van der Waals surface area contributed by atoms with Crippen LogP contribution in [0.2, 0.25) is 0 Å². The van der Waals surface area contributed by atoms with Crippen molar-refractivity contribution in [2.24, 2.45) is 5.92 Å². The van der Waals surface area contributed by atoms with Gasteiger partial charge < -0.3 is 9.64 Å². The molecule has 0 amide bonds. The normalized spacial score (nSPS) is 19.2. The quantitative estimate of drug-likeness (QED) is 0.759. The Morgan fingerprint density at radius 3 is 2.39 bits per heavy atom. The van der Waals surface area contributed by atoms with E-state index in [1.165, 1.54) is 13.7 Å². The SMILES string of the molecule is COC(=O)C(C)(C)NC1CCN(CC(C)C)CC1. The second-order valence-electron chi connectivity index (χ2n) is 6.23. The Balaban J connectivity index is 2.37. The van der Waals surface area contributed by atoms with E-state index in [4.69, 9.17) is 4.74 Å². The molecule has 4 heteroatoms. The maximum absolute atomic E-state index is 11.6. The van der Waals surface area contributed by atoms with Gasteiger partial charge in [0.2, 0.25) is 0 Å². The van der Waals surface area contributed by atoms with Crippen LogP contribution in [-0.2, 0) is 9.53 Å². The predicted molar refractivity (Wildman–Crippen MR) is 73.5 cm³/mol. The van der Waals surface area contributed by atoms with Gasteiger partial charge in [-0.15, -0.1) is 0 Å². The number of methoxy groups -OCH3 is 1. The summed E-state index contributed by atoms with van der Waals surface area (Å²) < 4.78 is 4.82. The fourth-order valence-electron chi connectivity index (χ4n) is 2.60. The summed E-state index contributed by atoms with van der Waals surface area (Å²) >= 11 is 0. The van der Waals surface area contributed by atoms with Gasteiger partial charge in [-0.1, -0.05) is 13.8 Å². The maximum Gasteiger partial charge on any atom is 0.325 e. The van der Waals surface area contributed by atoms with Gasteiger partial charge >= 0.3 is 5.97 Å². The topological polar surface area (TPSA) is 41.6 Å². The zero-order valence-electron chi connectivity index (χ0n) is 12.5. The number of hydrogen-bond acceptors (Lipinski definition) is 4. The van der Waals surface area contributed by atoms with E-state index >= 15 is 0 Å². The Kier molecular flexibility index (Phi) is 5.60. The molecule has 0 unspecified atom stereocenters. The van der Waals surface area contributed by atoms with Crippen molar-refractivity contribution in [1.82, 2.24) is 10.2 Å². The molecule has 4 nitrogen and oxygen atoms in total. The zero-order chi connectivity index (χ0) is 13.8. The molecule has 0 radical (unpaired) electrons. The summed E-state index contributed by atoms with van der Waals surface area (Å²) in [6.07, 6.45) is 2.21. The molecule has 0 aliphatic carbocycles. The zero-order valence-corrected chi connectivity index (χ0v) is 12.5. The number of rotatable bonds is 5. The van der Waals surface area contributed by atoms with Gasteiger partial charge in [-0.25, -0.2) is 0 Å². The smallest absolute Gasteiger partial charge is 0.325 e. The first-order valence-electron chi connectivity index (χ1n) is 6.93. The molecule has 0 atom stereocenters. The third-order valence-electron chi connectivity index (χ3n) is 3.47. The number of ether oxygens (including phenoxy) is 1. The second kappa shape index (κ2) is 6.53. The van der Waals surface area contributed by atoms with Gasteiger partial charge in [0.05, 0.1) is 7.11 Å². The molecule has 0 bridgehead atoms. The molecule has 1 saturated heterocycles. The van der Waals surface area contributed by atoms with Crippen LogP contribution in [0.5, 0.6) is 0 Å². The van der Waals surface area contributed by atoms with Crippen molar-refractivity contribution in [3.63, 3.8) is 0 Å². The minimum atomic E-state index is -0.584. The lowest BCUT2D eigenvalue weighted by atomic mass is 9.98. The highest BCUT2D eigenvalue weighted by Gasteiger charge is 2.32. The van der Waals surface area contributed by atoms with Crippen molar-refractivity contribution >= 4 is 5.97 Å². The second-order valence-corrected chi connectivity index (χ2v) is 6.23. The van der Waals surface area contributed by atoms with Crippen molar-refractivity contribution in [2.45, 2.75) is 52.1 Å². The molecule has 1 fully saturated rings. The number of nitrogens with zero attached hydrogens (tertiary/aromatic N) is 1. The van der Waals surface area contributed by atoms with E-state index in [9.17, 15) is 4.79 Å². The van der Waals surface area contributed by atoms with Gasteiger partial charge in [0.1, 0.15) is 5.54 Å². The van der Waals surface area contributed by atoms with Crippen LogP contribution in [0, 0.1) is 5.92 Å². The van der Waals surface area contributed by atoms with E-state index in [0.717, 1.165) is 31.8 Å². The van der Waals surface area contributed by atoms with Gasteiger partial charge in [-0.05, 0) is 45.7 Å². The van der Waals surface area contributed by atoms with E-state index < -0.39 is 5.54 Å². The average molecular weight is 256 g/mol. The summed E-state index contributed by atoms with van der Waals surface area (Å²) in [7, 11) is 1.44. The predicted octanol–water partition coefficient (Wildman–Crippen LogP) is 1.65. The minimum Gasteiger partial charge on any atom is -0.468 e. The van der Waals surface area contributed by atoms with E-state index in [0.29, 0.717) is 6.04 Å². The molecule has 0 aromatic heterocycles. The molecule has 1 heterocycles. The van der Waals surface area contributed by atoms with Crippen LogP contribution in [0.1, 0.15) is 40.5 Å². The van der Waals surface area contributed by atoms with Crippen LogP contribution >= 0.6 is 0 Å². The number of piperidine rings is 1. The molecule has 106 valence electrons. The number of esters is 1. The van der Waals surface area contributed by atoms with Gasteiger partial charge in [-0.3, -0.25) is 10.1 Å². The largest absolute Gasteiger partial charge is 0.468 e. The molecule has 1 aliphatic rings. The van der Waals surface area contributed by atoms with E-state index in [1.54, 1.807) is 0 Å². The molecule has 0 aromatic carbocycles. The first-order valence-corrected chi connectivity index (χ1v) is 6.93. The monoisotopic (exact) mass is 256 g/mol. The molecular formula is C14H28N2O2. The maximum atomic E-state index is 11.6. The Hall–Kier alpha value is -0.610. The van der Waals surface area contributed by atoms with Crippen LogP contribution in [0.25, 0.3) is 0 Å². The first kappa shape index (κ1) is 15.4. The Bertz CT molecular complexity index is 269. The third kappa shape index (κ3) is 4.58. The molecule has 0 saturated carbocycles. The molecule has 0 spiro atoms. The minimum absolute atomic E-state index is 0.188. The molecule has 1 rings (SSSR count). The van der Waals surface area contributed by atoms with Crippen LogP contribution in [0.3, 0.4) is 0 Å². The average Bonchev–Trinajstić information content (AvgIpc) is 2.29. The highest BCUT2D eigenvalue weighted by Crippen LogP contribution is 2.16. The summed E-state index contributed by atoms with van der Waals surface area (Å²) in [5, 5.41) is 3.42. The van der Waals surface area contributed by atoms with Crippen LogP contribution < -0.4 is 5.32 Å². The van der Waals surface area contributed by atoms with Gasteiger partial charge in [-0.2, -0.15) is 0 Å². The third-order valence-corrected chi connectivity index (χ3v) is 3.47. The van der Waals surface area contributed by atoms with Crippen LogP contribution in [0.15, 0.2) is 0 Å². The van der Waals surface area contributed by atoms with Crippen molar-refractivity contribution < 1.29 is 9.53 Å². The van der Waals surface area contributed by atoms with Crippen molar-refractivity contribution in [2.75, 3.05) is 26.7 Å². The summed E-state index contributed by atoms with van der Waals surface area (Å²) in [5.74, 6) is 0.535. The van der Waals surface area contributed by atoms with Gasteiger partial charge in [0.15, 0.2) is 0 Å². The number of nitrogens with one attached hydrogen (secondary N) is 1. The highest BCUT2D eigenvalue weighted by atomic mass is 16.5. The summed E-state index contributed by atoms with van der Waals surface area (Å²) in [4.78, 5) is 14.1. The van der Waals surface area contributed by atoms with Crippen molar-refractivity contribution in [3.05, 3.63) is 0 Å².